The van der Waals surface area contributed by atoms with Gasteiger partial charge >= 0.3 is 5.97 Å². The Labute approximate surface area is 74.8 Å². The lowest BCUT2D eigenvalue weighted by Crippen LogP contribution is -2.06. The first-order chi connectivity index (χ1) is 6.24. The summed E-state index contributed by atoms with van der Waals surface area (Å²) in [6, 6.07) is 5.70. The normalized spacial score (nSPS) is 9.62. The van der Waals surface area contributed by atoms with E-state index in [4.69, 9.17) is 5.11 Å². The van der Waals surface area contributed by atoms with Crippen LogP contribution >= 0.6 is 0 Å². The van der Waals surface area contributed by atoms with Gasteiger partial charge in [-0.25, -0.2) is 9.18 Å². The number of aromatic hydroxyl groups is 1. The van der Waals surface area contributed by atoms with Gasteiger partial charge in [-0.05, 0) is 18.2 Å². The van der Waals surface area contributed by atoms with E-state index in [9.17, 15) is 9.18 Å². The summed E-state index contributed by atoms with van der Waals surface area (Å²) in [4.78, 5) is 11.1. The van der Waals surface area contributed by atoms with Crippen LogP contribution in [0.25, 0.3) is 0 Å². The number of rotatable bonds is 3. The summed E-state index contributed by atoms with van der Waals surface area (Å²) in [7, 11) is 0. The van der Waals surface area contributed by atoms with Crippen LogP contribution < -0.4 is 0 Å². The van der Waals surface area contributed by atoms with Gasteiger partial charge in [0.2, 0.25) is 0 Å². The Hall–Kier alpha value is -1.58. The highest BCUT2D eigenvalue weighted by Crippen LogP contribution is 2.11. The predicted molar refractivity (Wildman–Crippen MR) is 44.4 cm³/mol. The molecule has 0 atom stereocenters. The first kappa shape index (κ1) is 9.51. The number of benzene rings is 1. The minimum Gasteiger partial charge on any atom is -0.508 e. The maximum Gasteiger partial charge on any atom is 0.338 e. The highest BCUT2D eigenvalue weighted by atomic mass is 19.1. The van der Waals surface area contributed by atoms with E-state index in [0.717, 1.165) is 0 Å². The Kier molecular flexibility index (Phi) is 3.25. The number of alkyl halides is 1. The van der Waals surface area contributed by atoms with Crippen LogP contribution in [0.3, 0.4) is 0 Å². The van der Waals surface area contributed by atoms with Gasteiger partial charge < -0.3 is 9.84 Å². The number of phenols is 1. The van der Waals surface area contributed by atoms with Crippen molar-refractivity contribution >= 4 is 5.97 Å². The topological polar surface area (TPSA) is 46.5 Å². The zero-order valence-corrected chi connectivity index (χ0v) is 6.87. The first-order valence-electron chi connectivity index (χ1n) is 3.76. The Balaban J connectivity index is 2.66. The zero-order valence-electron chi connectivity index (χ0n) is 6.87. The number of halogens is 1. The number of esters is 1. The van der Waals surface area contributed by atoms with Crippen LogP contribution in [-0.4, -0.2) is 24.4 Å². The molecule has 0 aliphatic carbocycles. The van der Waals surface area contributed by atoms with Gasteiger partial charge in [0.25, 0.3) is 0 Å². The quantitative estimate of drug-likeness (QED) is 0.724. The standard InChI is InChI=1S/C9H9FO3/c10-4-5-13-9(12)7-2-1-3-8(11)6-7/h1-3,6,11H,4-5H2. The molecule has 0 bridgehead atoms. The molecule has 0 radical (unpaired) electrons. The molecule has 4 heteroatoms. The molecule has 0 heterocycles. The molecular weight excluding hydrogens is 175 g/mol. The second-order valence-corrected chi connectivity index (χ2v) is 2.38. The van der Waals surface area contributed by atoms with E-state index < -0.39 is 12.6 Å². The number of carbonyl (C=O) groups is 1. The molecule has 0 amide bonds. The van der Waals surface area contributed by atoms with Gasteiger partial charge in [0.1, 0.15) is 19.0 Å². The SMILES string of the molecule is O=C(OCCF)c1cccc(O)c1. The van der Waals surface area contributed by atoms with Crippen molar-refractivity contribution in [1.82, 2.24) is 0 Å². The average Bonchev–Trinajstić information content (AvgIpc) is 2.14. The van der Waals surface area contributed by atoms with E-state index in [1.807, 2.05) is 0 Å². The second kappa shape index (κ2) is 4.45. The highest BCUT2D eigenvalue weighted by molar-refractivity contribution is 5.89. The molecule has 0 unspecified atom stereocenters. The van der Waals surface area contributed by atoms with Crippen LogP contribution in [0.5, 0.6) is 5.75 Å². The van der Waals surface area contributed by atoms with Crippen LogP contribution in [0, 0.1) is 0 Å². The van der Waals surface area contributed by atoms with E-state index in [-0.39, 0.29) is 17.9 Å². The molecule has 0 fully saturated rings. The summed E-state index contributed by atoms with van der Waals surface area (Å²) < 4.78 is 16.1. The lowest BCUT2D eigenvalue weighted by molar-refractivity contribution is 0.0481. The Morgan fingerprint density at radius 1 is 1.54 bits per heavy atom. The molecule has 0 saturated heterocycles. The van der Waals surface area contributed by atoms with Crippen molar-refractivity contribution in [3.63, 3.8) is 0 Å². The first-order valence-corrected chi connectivity index (χ1v) is 3.76. The molecule has 1 N–H and O–H groups in total. The fraction of sp³-hybridized carbons (Fsp3) is 0.222. The molecule has 1 aromatic rings. The minimum absolute atomic E-state index is 0.0188. The maximum absolute atomic E-state index is 11.6. The maximum atomic E-state index is 11.6. The lowest BCUT2D eigenvalue weighted by Gasteiger charge is -2.01. The summed E-state index contributed by atoms with van der Waals surface area (Å²) >= 11 is 0. The molecule has 0 aliphatic heterocycles. The van der Waals surface area contributed by atoms with Gasteiger partial charge in [-0.1, -0.05) is 6.07 Å². The summed E-state index contributed by atoms with van der Waals surface area (Å²) in [6.07, 6.45) is 0. The Morgan fingerprint density at radius 2 is 2.31 bits per heavy atom. The summed E-state index contributed by atoms with van der Waals surface area (Å²) in [5, 5.41) is 9.01. The van der Waals surface area contributed by atoms with Gasteiger partial charge in [-0.2, -0.15) is 0 Å². The molecular formula is C9H9FO3. The van der Waals surface area contributed by atoms with Crippen molar-refractivity contribution in [1.29, 1.82) is 0 Å². The van der Waals surface area contributed by atoms with Crippen molar-refractivity contribution in [2.24, 2.45) is 0 Å². The van der Waals surface area contributed by atoms with Crippen LogP contribution in [0.15, 0.2) is 24.3 Å². The van der Waals surface area contributed by atoms with Crippen molar-refractivity contribution < 1.29 is 19.0 Å². The molecule has 0 spiro atoms. The fourth-order valence-corrected chi connectivity index (χ4v) is 0.847. The Bertz CT molecular complexity index is 299. The number of phenolic OH excluding ortho intramolecular Hbond substituents is 1. The van der Waals surface area contributed by atoms with E-state index >= 15 is 0 Å². The molecule has 0 aromatic heterocycles. The number of carbonyl (C=O) groups excluding carboxylic acids is 1. The predicted octanol–water partition coefficient (Wildman–Crippen LogP) is 1.52. The molecule has 3 nitrogen and oxygen atoms in total. The summed E-state index contributed by atoms with van der Waals surface area (Å²) in [5.41, 5.74) is 0.216. The van der Waals surface area contributed by atoms with Crippen molar-refractivity contribution in [3.8, 4) is 5.75 Å². The number of hydrogen-bond acceptors (Lipinski definition) is 3. The van der Waals surface area contributed by atoms with Crippen LogP contribution in [0.4, 0.5) is 4.39 Å². The van der Waals surface area contributed by atoms with E-state index in [2.05, 4.69) is 4.74 Å². The van der Waals surface area contributed by atoms with Gasteiger partial charge in [0.05, 0.1) is 5.56 Å². The second-order valence-electron chi connectivity index (χ2n) is 2.38. The van der Waals surface area contributed by atoms with Crippen molar-refractivity contribution in [3.05, 3.63) is 29.8 Å². The zero-order chi connectivity index (χ0) is 9.68. The monoisotopic (exact) mass is 184 g/mol. The third-order valence-corrected chi connectivity index (χ3v) is 1.39. The van der Waals surface area contributed by atoms with E-state index in [1.165, 1.54) is 24.3 Å². The largest absolute Gasteiger partial charge is 0.508 e. The molecule has 13 heavy (non-hydrogen) atoms. The van der Waals surface area contributed by atoms with Crippen molar-refractivity contribution in [2.75, 3.05) is 13.3 Å². The number of ether oxygens (including phenoxy) is 1. The third kappa shape index (κ3) is 2.74. The molecule has 0 saturated carbocycles. The van der Waals surface area contributed by atoms with Gasteiger partial charge in [0.15, 0.2) is 0 Å². The molecule has 70 valence electrons. The van der Waals surface area contributed by atoms with Crippen LogP contribution in [-0.2, 0) is 4.74 Å². The molecule has 1 rings (SSSR count). The van der Waals surface area contributed by atoms with Gasteiger partial charge in [0, 0.05) is 0 Å². The molecule has 1 aromatic carbocycles. The highest BCUT2D eigenvalue weighted by Gasteiger charge is 2.06. The average molecular weight is 184 g/mol. The third-order valence-electron chi connectivity index (χ3n) is 1.39. The Morgan fingerprint density at radius 3 is 2.92 bits per heavy atom. The van der Waals surface area contributed by atoms with Crippen LogP contribution in [0.1, 0.15) is 10.4 Å². The van der Waals surface area contributed by atoms with Crippen molar-refractivity contribution in [2.45, 2.75) is 0 Å². The number of hydrogen-bond donors (Lipinski definition) is 1. The van der Waals surface area contributed by atoms with E-state index in [1.54, 1.807) is 0 Å². The van der Waals surface area contributed by atoms with Gasteiger partial charge in [-0.3, -0.25) is 0 Å². The summed E-state index contributed by atoms with van der Waals surface area (Å²) in [5.74, 6) is -0.650. The van der Waals surface area contributed by atoms with Gasteiger partial charge in [-0.15, -0.1) is 0 Å². The van der Waals surface area contributed by atoms with E-state index in [0.29, 0.717) is 0 Å². The summed E-state index contributed by atoms with van der Waals surface area (Å²) in [6.45, 7) is -0.959. The fourth-order valence-electron chi connectivity index (χ4n) is 0.847. The minimum atomic E-state index is -0.704. The lowest BCUT2D eigenvalue weighted by atomic mass is 10.2. The molecule has 0 aliphatic rings. The smallest absolute Gasteiger partial charge is 0.338 e. The van der Waals surface area contributed by atoms with Crippen LogP contribution in [0.2, 0.25) is 0 Å².